The van der Waals surface area contributed by atoms with Crippen molar-refractivity contribution < 1.29 is 17.9 Å². The van der Waals surface area contributed by atoms with Gasteiger partial charge in [-0.1, -0.05) is 23.8 Å². The number of nitrogens with zero attached hydrogens (tertiary/aromatic N) is 1. The van der Waals surface area contributed by atoms with Crippen LogP contribution in [-0.4, -0.2) is 32.3 Å². The summed E-state index contributed by atoms with van der Waals surface area (Å²) in [6.45, 7) is 8.20. The van der Waals surface area contributed by atoms with E-state index in [9.17, 15) is 13.2 Å². The van der Waals surface area contributed by atoms with E-state index >= 15 is 0 Å². The minimum atomic E-state index is -3.70. The van der Waals surface area contributed by atoms with Crippen molar-refractivity contribution in [2.45, 2.75) is 39.1 Å². The number of amides is 1. The highest BCUT2D eigenvalue weighted by atomic mass is 32.2. The first-order valence-corrected chi connectivity index (χ1v) is 12.2. The van der Waals surface area contributed by atoms with E-state index in [-0.39, 0.29) is 17.3 Å². The molecule has 6 nitrogen and oxygen atoms in total. The van der Waals surface area contributed by atoms with E-state index in [1.807, 2.05) is 45.9 Å². The van der Waals surface area contributed by atoms with Crippen LogP contribution in [0.5, 0.6) is 5.75 Å². The van der Waals surface area contributed by atoms with Gasteiger partial charge in [-0.25, -0.2) is 8.42 Å². The van der Waals surface area contributed by atoms with Crippen molar-refractivity contribution in [1.29, 1.82) is 0 Å². The maximum Gasteiger partial charge on any atom is 0.255 e. The fourth-order valence-electron chi connectivity index (χ4n) is 3.61. The summed E-state index contributed by atoms with van der Waals surface area (Å²) >= 11 is 0. The summed E-state index contributed by atoms with van der Waals surface area (Å²) in [5.74, 6) is 0.278. The number of rotatable bonds is 8. The van der Waals surface area contributed by atoms with Crippen LogP contribution in [0.25, 0.3) is 0 Å². The zero-order chi connectivity index (χ0) is 24.2. The number of aryl methyl sites for hydroxylation is 3. The van der Waals surface area contributed by atoms with Crippen LogP contribution in [-0.2, 0) is 16.6 Å². The Kier molecular flexibility index (Phi) is 7.56. The number of ether oxygens (including phenoxy) is 1. The monoisotopic (exact) mass is 466 g/mol. The summed E-state index contributed by atoms with van der Waals surface area (Å²) in [5.41, 5.74) is 4.85. The predicted octanol–water partition coefficient (Wildman–Crippen LogP) is 5.08. The first kappa shape index (κ1) is 24.5. The second-order valence-corrected chi connectivity index (χ2v) is 10.2. The van der Waals surface area contributed by atoms with E-state index in [2.05, 4.69) is 5.32 Å². The Bertz CT molecular complexity index is 1230. The summed E-state index contributed by atoms with van der Waals surface area (Å²) in [6.07, 6.45) is 0. The summed E-state index contributed by atoms with van der Waals surface area (Å²) in [4.78, 5) is 13.1. The highest BCUT2D eigenvalue weighted by molar-refractivity contribution is 7.89. The van der Waals surface area contributed by atoms with Crippen molar-refractivity contribution >= 4 is 21.6 Å². The van der Waals surface area contributed by atoms with Crippen LogP contribution < -0.4 is 10.1 Å². The molecule has 0 atom stereocenters. The Balaban J connectivity index is 1.88. The molecule has 7 heteroatoms. The van der Waals surface area contributed by atoms with Crippen LogP contribution in [0.4, 0.5) is 5.69 Å². The van der Waals surface area contributed by atoms with Crippen LogP contribution in [0, 0.1) is 20.8 Å². The molecule has 0 radical (unpaired) electrons. The van der Waals surface area contributed by atoms with Crippen molar-refractivity contribution in [2.24, 2.45) is 0 Å². The Morgan fingerprint density at radius 1 is 0.909 bits per heavy atom. The highest BCUT2D eigenvalue weighted by Gasteiger charge is 2.23. The normalized spacial score (nSPS) is 11.5. The Labute approximate surface area is 196 Å². The van der Waals surface area contributed by atoms with Gasteiger partial charge in [-0.15, -0.1) is 0 Å². The topological polar surface area (TPSA) is 75.7 Å². The van der Waals surface area contributed by atoms with Crippen LogP contribution in [0.15, 0.2) is 65.6 Å². The van der Waals surface area contributed by atoms with Crippen molar-refractivity contribution in [3.63, 3.8) is 0 Å². The molecule has 33 heavy (non-hydrogen) atoms. The Morgan fingerprint density at radius 2 is 1.55 bits per heavy atom. The van der Waals surface area contributed by atoms with E-state index < -0.39 is 10.0 Å². The lowest BCUT2D eigenvalue weighted by molar-refractivity contribution is 0.102. The van der Waals surface area contributed by atoms with E-state index in [0.29, 0.717) is 29.2 Å². The predicted molar refractivity (Wildman–Crippen MR) is 131 cm³/mol. The molecule has 0 aliphatic rings. The average Bonchev–Trinajstić information content (AvgIpc) is 2.74. The number of benzene rings is 3. The molecule has 3 rings (SSSR count). The van der Waals surface area contributed by atoms with Gasteiger partial charge >= 0.3 is 0 Å². The number of carbonyl (C=O) groups excluding carboxylic acids is 1. The Hall–Kier alpha value is -3.16. The molecule has 0 saturated heterocycles. The van der Waals surface area contributed by atoms with Crippen molar-refractivity contribution in [1.82, 2.24) is 4.31 Å². The average molecular weight is 467 g/mol. The van der Waals surface area contributed by atoms with Gasteiger partial charge in [-0.3, -0.25) is 4.79 Å². The van der Waals surface area contributed by atoms with E-state index in [4.69, 9.17) is 4.74 Å². The summed E-state index contributed by atoms with van der Waals surface area (Å²) in [6, 6.07) is 17.7. The second kappa shape index (κ2) is 10.2. The summed E-state index contributed by atoms with van der Waals surface area (Å²) < 4.78 is 33.1. The van der Waals surface area contributed by atoms with Crippen LogP contribution in [0.3, 0.4) is 0 Å². The number of carbonyl (C=O) groups is 1. The standard InChI is InChI=1S/C26H30N2O4S/c1-6-32-25-12-9-21(26(29)27-23-14-19(3)13-20(4)15-23)16-22(25)17-28(5)33(30,31)24-10-7-18(2)8-11-24/h7-16H,6,17H2,1-5H3,(H,27,29). The highest BCUT2D eigenvalue weighted by Crippen LogP contribution is 2.25. The molecule has 0 unspecified atom stereocenters. The minimum absolute atomic E-state index is 0.0657. The zero-order valence-electron chi connectivity index (χ0n) is 19.7. The van der Waals surface area contributed by atoms with Crippen molar-refractivity contribution in [3.8, 4) is 5.75 Å². The molecule has 3 aromatic rings. The van der Waals surface area contributed by atoms with Crippen molar-refractivity contribution in [3.05, 3.63) is 88.5 Å². The maximum atomic E-state index is 13.0. The van der Waals surface area contributed by atoms with Crippen molar-refractivity contribution in [2.75, 3.05) is 19.0 Å². The molecule has 174 valence electrons. The molecule has 0 aliphatic heterocycles. The fraction of sp³-hybridized carbons (Fsp3) is 0.269. The quantitative estimate of drug-likeness (QED) is 0.502. The van der Waals surface area contributed by atoms with Crippen LogP contribution in [0.1, 0.15) is 39.5 Å². The molecule has 1 N–H and O–H groups in total. The van der Waals surface area contributed by atoms with E-state index in [1.165, 1.54) is 11.4 Å². The molecule has 3 aromatic carbocycles. The smallest absolute Gasteiger partial charge is 0.255 e. The lowest BCUT2D eigenvalue weighted by Crippen LogP contribution is -2.27. The van der Waals surface area contributed by atoms with Gasteiger partial charge in [0.1, 0.15) is 5.75 Å². The third-order valence-electron chi connectivity index (χ3n) is 5.22. The largest absolute Gasteiger partial charge is 0.494 e. The molecule has 1 amide bonds. The number of anilines is 1. The van der Waals surface area contributed by atoms with E-state index in [0.717, 1.165) is 16.7 Å². The maximum absolute atomic E-state index is 13.0. The van der Waals surface area contributed by atoms with Crippen LogP contribution in [0.2, 0.25) is 0 Å². The fourth-order valence-corrected chi connectivity index (χ4v) is 4.75. The van der Waals surface area contributed by atoms with Gasteiger partial charge in [-0.05, 0) is 81.3 Å². The third-order valence-corrected chi connectivity index (χ3v) is 7.04. The van der Waals surface area contributed by atoms with Gasteiger partial charge < -0.3 is 10.1 Å². The second-order valence-electron chi connectivity index (χ2n) is 8.16. The number of nitrogens with one attached hydrogen (secondary N) is 1. The number of hydrogen-bond acceptors (Lipinski definition) is 4. The summed E-state index contributed by atoms with van der Waals surface area (Å²) in [5, 5.41) is 2.92. The van der Waals surface area contributed by atoms with Gasteiger partial charge in [0.05, 0.1) is 11.5 Å². The third kappa shape index (κ3) is 6.00. The molecular weight excluding hydrogens is 436 g/mol. The molecule has 0 aliphatic carbocycles. The number of sulfonamides is 1. The molecule has 0 aromatic heterocycles. The zero-order valence-corrected chi connectivity index (χ0v) is 20.5. The van der Waals surface area contributed by atoms with E-state index in [1.54, 1.807) is 42.5 Å². The minimum Gasteiger partial charge on any atom is -0.494 e. The van der Waals surface area contributed by atoms with Gasteiger partial charge in [0.2, 0.25) is 10.0 Å². The first-order chi connectivity index (χ1) is 15.6. The SMILES string of the molecule is CCOc1ccc(C(=O)Nc2cc(C)cc(C)c2)cc1CN(C)S(=O)(=O)c1ccc(C)cc1. The lowest BCUT2D eigenvalue weighted by atomic mass is 10.1. The molecule has 0 fully saturated rings. The molecule has 0 bridgehead atoms. The lowest BCUT2D eigenvalue weighted by Gasteiger charge is -2.20. The molecule has 0 heterocycles. The van der Waals surface area contributed by atoms with Crippen LogP contribution >= 0.6 is 0 Å². The van der Waals surface area contributed by atoms with Gasteiger partial charge in [0.15, 0.2) is 0 Å². The van der Waals surface area contributed by atoms with Gasteiger partial charge in [-0.2, -0.15) is 4.31 Å². The molecule has 0 spiro atoms. The first-order valence-electron chi connectivity index (χ1n) is 10.8. The van der Waals surface area contributed by atoms with Gasteiger partial charge in [0.25, 0.3) is 5.91 Å². The van der Waals surface area contributed by atoms with Gasteiger partial charge in [0, 0.05) is 30.4 Å². The summed E-state index contributed by atoms with van der Waals surface area (Å²) in [7, 11) is -2.18. The molecular formula is C26H30N2O4S. The number of hydrogen-bond donors (Lipinski definition) is 1. The molecule has 0 saturated carbocycles. The Morgan fingerprint density at radius 3 is 2.15 bits per heavy atom.